The molecular formula is C19H21N3O5S2. The largest absolute Gasteiger partial charge is 0.497 e. The number of carbonyl (C=O) groups excluding carboxylic acids is 2. The van der Waals surface area contributed by atoms with Gasteiger partial charge < -0.3 is 10.5 Å². The van der Waals surface area contributed by atoms with Gasteiger partial charge in [-0.15, -0.1) is 11.3 Å². The highest BCUT2D eigenvalue weighted by molar-refractivity contribution is 7.90. The van der Waals surface area contributed by atoms with Gasteiger partial charge >= 0.3 is 0 Å². The molecule has 4 rings (SSSR count). The summed E-state index contributed by atoms with van der Waals surface area (Å²) in [5.74, 6) is -0.227. The van der Waals surface area contributed by atoms with Gasteiger partial charge in [0.15, 0.2) is 0 Å². The third-order valence-electron chi connectivity index (χ3n) is 5.28. The van der Waals surface area contributed by atoms with Crippen LogP contribution in [0.1, 0.15) is 38.6 Å². The Kier molecular flexibility index (Phi) is 5.09. The Balaban J connectivity index is 1.63. The molecule has 3 heterocycles. The first kappa shape index (κ1) is 19.9. The second-order valence-electron chi connectivity index (χ2n) is 7.17. The van der Waals surface area contributed by atoms with Crippen molar-refractivity contribution < 1.29 is 22.7 Å². The molecule has 1 fully saturated rings. The average Bonchev–Trinajstić information content (AvgIpc) is 3.20. The van der Waals surface area contributed by atoms with Crippen molar-refractivity contribution in [3.63, 3.8) is 0 Å². The molecule has 2 aromatic rings. The molecule has 1 aromatic carbocycles. The van der Waals surface area contributed by atoms with Gasteiger partial charge in [0.25, 0.3) is 0 Å². The molecule has 10 heteroatoms. The van der Waals surface area contributed by atoms with Crippen LogP contribution in [0.4, 0.5) is 0 Å². The summed E-state index contributed by atoms with van der Waals surface area (Å²) in [5.41, 5.74) is 7.68. The lowest BCUT2D eigenvalue weighted by Gasteiger charge is -2.33. The SMILES string of the molecule is COc1ccc(CN2CCc3cc(C4CC(=O)NS4(=O)=O)sc3C2C(N)=O)cc1. The minimum absolute atomic E-state index is 0.0987. The molecule has 3 N–H and O–H groups in total. The fourth-order valence-electron chi connectivity index (χ4n) is 3.86. The van der Waals surface area contributed by atoms with Crippen molar-refractivity contribution in [2.75, 3.05) is 13.7 Å². The van der Waals surface area contributed by atoms with Gasteiger partial charge in [-0.3, -0.25) is 19.2 Å². The normalized spacial score (nSPS) is 23.4. The highest BCUT2D eigenvalue weighted by atomic mass is 32.2. The smallest absolute Gasteiger partial charge is 0.243 e. The molecule has 0 spiro atoms. The molecule has 2 amide bonds. The average molecular weight is 436 g/mol. The molecule has 2 aliphatic rings. The first-order valence-electron chi connectivity index (χ1n) is 9.12. The van der Waals surface area contributed by atoms with Gasteiger partial charge in [-0.25, -0.2) is 8.42 Å². The molecule has 2 unspecified atom stereocenters. The molecule has 0 saturated carbocycles. The summed E-state index contributed by atoms with van der Waals surface area (Å²) < 4.78 is 31.7. The van der Waals surface area contributed by atoms with E-state index in [1.807, 2.05) is 40.0 Å². The minimum atomic E-state index is -3.73. The van der Waals surface area contributed by atoms with Gasteiger partial charge in [-0.05, 0) is 35.7 Å². The Bertz CT molecular complexity index is 1060. The minimum Gasteiger partial charge on any atom is -0.497 e. The van der Waals surface area contributed by atoms with Crippen molar-refractivity contribution >= 4 is 33.2 Å². The quantitative estimate of drug-likeness (QED) is 0.729. The van der Waals surface area contributed by atoms with Crippen LogP contribution in [-0.2, 0) is 32.6 Å². The number of hydrogen-bond donors (Lipinski definition) is 2. The third-order valence-corrected chi connectivity index (χ3v) is 8.45. The highest BCUT2D eigenvalue weighted by Crippen LogP contribution is 2.42. The second kappa shape index (κ2) is 7.43. The Morgan fingerprint density at radius 2 is 2.07 bits per heavy atom. The molecule has 0 aliphatic carbocycles. The van der Waals surface area contributed by atoms with Crippen molar-refractivity contribution in [1.82, 2.24) is 9.62 Å². The predicted molar refractivity (Wildman–Crippen MR) is 108 cm³/mol. The van der Waals surface area contributed by atoms with Crippen LogP contribution >= 0.6 is 11.3 Å². The molecule has 29 heavy (non-hydrogen) atoms. The maximum absolute atomic E-state index is 12.3. The maximum atomic E-state index is 12.3. The lowest BCUT2D eigenvalue weighted by molar-refractivity contribution is -0.124. The number of nitrogens with zero attached hydrogens (tertiary/aromatic N) is 1. The summed E-state index contributed by atoms with van der Waals surface area (Å²) in [6, 6.07) is 8.78. The van der Waals surface area contributed by atoms with Crippen molar-refractivity contribution in [2.45, 2.75) is 30.7 Å². The van der Waals surface area contributed by atoms with Crippen LogP contribution in [0.2, 0.25) is 0 Å². The van der Waals surface area contributed by atoms with E-state index in [0.717, 1.165) is 21.8 Å². The van der Waals surface area contributed by atoms with Gasteiger partial charge in [-0.2, -0.15) is 0 Å². The predicted octanol–water partition coefficient (Wildman–Crippen LogP) is 1.23. The van der Waals surface area contributed by atoms with Gasteiger partial charge in [0.2, 0.25) is 21.8 Å². The first-order chi connectivity index (χ1) is 13.8. The number of sulfonamides is 1. The van der Waals surface area contributed by atoms with E-state index in [1.165, 1.54) is 11.3 Å². The zero-order valence-corrected chi connectivity index (χ0v) is 17.4. The maximum Gasteiger partial charge on any atom is 0.243 e. The number of benzene rings is 1. The summed E-state index contributed by atoms with van der Waals surface area (Å²) in [6.45, 7) is 1.16. The zero-order chi connectivity index (χ0) is 20.8. The summed E-state index contributed by atoms with van der Waals surface area (Å²) in [4.78, 5) is 27.2. The Morgan fingerprint density at radius 1 is 1.34 bits per heavy atom. The monoisotopic (exact) mass is 435 g/mol. The molecule has 2 aliphatic heterocycles. The number of amides is 2. The van der Waals surface area contributed by atoms with Crippen molar-refractivity contribution in [3.8, 4) is 5.75 Å². The number of fused-ring (bicyclic) bond motifs is 1. The van der Waals surface area contributed by atoms with Gasteiger partial charge in [0.05, 0.1) is 13.5 Å². The van der Waals surface area contributed by atoms with E-state index in [-0.39, 0.29) is 6.42 Å². The van der Waals surface area contributed by atoms with Crippen LogP contribution in [-0.4, -0.2) is 38.8 Å². The molecular weight excluding hydrogens is 414 g/mol. The van der Waals surface area contributed by atoms with E-state index >= 15 is 0 Å². The highest BCUT2D eigenvalue weighted by Gasteiger charge is 2.41. The first-order valence-corrected chi connectivity index (χ1v) is 11.5. The van der Waals surface area contributed by atoms with Crippen molar-refractivity contribution in [1.29, 1.82) is 0 Å². The summed E-state index contributed by atoms with van der Waals surface area (Å²) in [6.07, 6.45) is 0.582. The van der Waals surface area contributed by atoms with Gasteiger partial charge in [0, 0.05) is 22.8 Å². The number of methoxy groups -OCH3 is 1. The Morgan fingerprint density at radius 3 is 2.66 bits per heavy atom. The molecule has 1 aromatic heterocycles. The number of carbonyl (C=O) groups is 2. The number of ether oxygens (including phenoxy) is 1. The van der Waals surface area contributed by atoms with E-state index in [4.69, 9.17) is 10.5 Å². The third kappa shape index (κ3) is 3.75. The molecule has 0 bridgehead atoms. The van der Waals surface area contributed by atoms with Gasteiger partial charge in [0.1, 0.15) is 17.0 Å². The topological polar surface area (TPSA) is 119 Å². The molecule has 1 saturated heterocycles. The molecule has 2 atom stereocenters. The summed E-state index contributed by atoms with van der Waals surface area (Å²) in [7, 11) is -2.12. The van der Waals surface area contributed by atoms with Crippen LogP contribution in [0.25, 0.3) is 0 Å². The van der Waals surface area contributed by atoms with E-state index in [9.17, 15) is 18.0 Å². The Hall–Kier alpha value is -2.43. The molecule has 8 nitrogen and oxygen atoms in total. The standard InChI is InChI=1S/C19H21N3O5S2/c1-27-13-4-2-11(3-5-13)10-22-7-6-12-8-14(28-18(12)17(22)19(20)24)15-9-16(23)21-29(15,25)26/h2-5,8,15,17H,6-7,9-10H2,1H3,(H2,20,24)(H,21,23). The number of hydrogen-bond acceptors (Lipinski definition) is 7. The lowest BCUT2D eigenvalue weighted by Crippen LogP contribution is -2.41. The van der Waals surface area contributed by atoms with Crippen LogP contribution in [0.3, 0.4) is 0 Å². The molecule has 154 valence electrons. The fraction of sp³-hybridized carbons (Fsp3) is 0.368. The summed E-state index contributed by atoms with van der Waals surface area (Å²) in [5, 5.41) is -0.908. The van der Waals surface area contributed by atoms with E-state index < -0.39 is 33.1 Å². The zero-order valence-electron chi connectivity index (χ0n) is 15.8. The number of rotatable bonds is 5. The summed E-state index contributed by atoms with van der Waals surface area (Å²) >= 11 is 1.26. The number of nitrogens with one attached hydrogen (secondary N) is 1. The fourth-order valence-corrected chi connectivity index (χ4v) is 7.01. The van der Waals surface area contributed by atoms with Crippen LogP contribution in [0, 0.1) is 0 Å². The number of primary amides is 1. The van der Waals surface area contributed by atoms with Crippen LogP contribution < -0.4 is 15.2 Å². The van der Waals surface area contributed by atoms with E-state index in [0.29, 0.717) is 24.4 Å². The second-order valence-corrected chi connectivity index (χ2v) is 10.2. The number of thiophene rings is 1. The van der Waals surface area contributed by atoms with E-state index in [1.54, 1.807) is 7.11 Å². The van der Waals surface area contributed by atoms with Crippen molar-refractivity contribution in [3.05, 3.63) is 51.2 Å². The lowest BCUT2D eigenvalue weighted by atomic mass is 9.99. The number of nitrogens with two attached hydrogens (primary N) is 1. The van der Waals surface area contributed by atoms with E-state index in [2.05, 4.69) is 0 Å². The van der Waals surface area contributed by atoms with Crippen molar-refractivity contribution in [2.24, 2.45) is 5.73 Å². The molecule has 0 radical (unpaired) electrons. The van der Waals surface area contributed by atoms with Gasteiger partial charge in [-0.1, -0.05) is 12.1 Å². The Labute approximate surface area is 172 Å². The van der Waals surface area contributed by atoms with Crippen LogP contribution in [0.5, 0.6) is 5.75 Å². The van der Waals surface area contributed by atoms with Crippen LogP contribution in [0.15, 0.2) is 30.3 Å².